The topological polar surface area (TPSA) is 69.0 Å². The van der Waals surface area contributed by atoms with Crippen LogP contribution in [0.4, 0.5) is 5.69 Å². The average molecular weight is 451 g/mol. The Morgan fingerprint density at radius 2 is 1.81 bits per heavy atom. The highest BCUT2D eigenvalue weighted by Crippen LogP contribution is 2.24. The van der Waals surface area contributed by atoms with Gasteiger partial charge in [0.15, 0.2) is 11.0 Å². The number of thioether (sulfide) groups is 1. The van der Waals surface area contributed by atoms with Crippen LogP contribution in [-0.4, -0.2) is 26.4 Å². The number of benzene rings is 2. The van der Waals surface area contributed by atoms with Crippen LogP contribution < -0.4 is 10.1 Å². The van der Waals surface area contributed by atoms with Crippen LogP contribution >= 0.6 is 11.8 Å². The Kier molecular flexibility index (Phi) is 8.50. The van der Waals surface area contributed by atoms with Crippen molar-refractivity contribution < 1.29 is 9.53 Å². The Balaban J connectivity index is 1.65. The molecule has 0 spiro atoms. The Hall–Kier alpha value is -3.06. The molecule has 2 aromatic carbocycles. The molecular weight excluding hydrogens is 420 g/mol. The van der Waals surface area contributed by atoms with Gasteiger partial charge in [-0.1, -0.05) is 67.6 Å². The first kappa shape index (κ1) is 23.6. The van der Waals surface area contributed by atoms with Gasteiger partial charge in [-0.2, -0.15) is 0 Å². The number of aryl methyl sites for hydroxylation is 3. The molecule has 0 aliphatic heterocycles. The van der Waals surface area contributed by atoms with E-state index in [1.807, 2.05) is 41.8 Å². The molecule has 0 saturated carbocycles. The first-order valence-corrected chi connectivity index (χ1v) is 11.8. The summed E-state index contributed by atoms with van der Waals surface area (Å²) >= 11 is 1.36. The molecule has 7 heteroatoms. The highest BCUT2D eigenvalue weighted by atomic mass is 32.2. The molecule has 3 aromatic rings. The highest BCUT2D eigenvalue weighted by Gasteiger charge is 2.15. The summed E-state index contributed by atoms with van der Waals surface area (Å²) in [7, 11) is 0. The summed E-state index contributed by atoms with van der Waals surface area (Å²) in [5.41, 5.74) is 4.40. The van der Waals surface area contributed by atoms with Crippen LogP contribution in [0.25, 0.3) is 0 Å². The Morgan fingerprint density at radius 3 is 2.44 bits per heavy atom. The number of nitrogens with one attached hydrogen (secondary N) is 1. The highest BCUT2D eigenvalue weighted by molar-refractivity contribution is 7.99. The molecule has 0 radical (unpaired) electrons. The van der Waals surface area contributed by atoms with Gasteiger partial charge in [0.25, 0.3) is 0 Å². The van der Waals surface area contributed by atoms with Crippen LogP contribution in [0.3, 0.4) is 0 Å². The van der Waals surface area contributed by atoms with Crippen LogP contribution in [0.1, 0.15) is 36.4 Å². The molecule has 168 valence electrons. The molecule has 1 heterocycles. The first-order chi connectivity index (χ1) is 15.5. The largest absolute Gasteiger partial charge is 0.486 e. The molecule has 1 aromatic heterocycles. The summed E-state index contributed by atoms with van der Waals surface area (Å²) < 4.78 is 7.78. The molecule has 6 nitrogen and oxygen atoms in total. The number of para-hydroxylation sites is 1. The van der Waals surface area contributed by atoms with E-state index in [4.69, 9.17) is 4.74 Å². The van der Waals surface area contributed by atoms with Crippen LogP contribution in [0.5, 0.6) is 5.75 Å². The number of carbonyl (C=O) groups excluding carboxylic acids is 1. The number of hydrogen-bond acceptors (Lipinski definition) is 5. The molecule has 0 aliphatic rings. The van der Waals surface area contributed by atoms with Crippen LogP contribution in [0, 0.1) is 6.92 Å². The van der Waals surface area contributed by atoms with Crippen molar-refractivity contribution in [2.75, 3.05) is 11.1 Å². The van der Waals surface area contributed by atoms with Crippen molar-refractivity contribution in [3.05, 3.63) is 77.6 Å². The van der Waals surface area contributed by atoms with Crippen molar-refractivity contribution in [1.82, 2.24) is 14.8 Å². The molecule has 3 rings (SSSR count). The van der Waals surface area contributed by atoms with E-state index in [-0.39, 0.29) is 11.7 Å². The molecule has 0 aliphatic carbocycles. The lowest BCUT2D eigenvalue weighted by atomic mass is 10.0. The monoisotopic (exact) mass is 450 g/mol. The predicted molar refractivity (Wildman–Crippen MR) is 130 cm³/mol. The van der Waals surface area contributed by atoms with E-state index in [2.05, 4.69) is 48.1 Å². The second kappa shape index (κ2) is 11.5. The summed E-state index contributed by atoms with van der Waals surface area (Å²) in [5, 5.41) is 12.3. The van der Waals surface area contributed by atoms with Crippen molar-refractivity contribution in [2.45, 2.75) is 51.9 Å². The lowest BCUT2D eigenvalue weighted by molar-refractivity contribution is -0.113. The number of aromatic nitrogens is 3. The Labute approximate surface area is 194 Å². The molecule has 32 heavy (non-hydrogen) atoms. The number of rotatable bonds is 11. The van der Waals surface area contributed by atoms with E-state index in [1.165, 1.54) is 17.3 Å². The van der Waals surface area contributed by atoms with E-state index < -0.39 is 0 Å². The van der Waals surface area contributed by atoms with Crippen molar-refractivity contribution in [3.8, 4) is 5.75 Å². The standard InChI is InChI=1S/C25H30N4O2S/c1-5-15-29-22(16-31-21-13-11-18(4)12-14-21)27-28-25(29)32-17-23(30)26-24-19(6-2)9-8-10-20(24)7-3/h5,8-14H,1,6-7,15-17H2,2-4H3,(H,26,30). The van der Waals surface area contributed by atoms with Crippen molar-refractivity contribution in [1.29, 1.82) is 0 Å². The third-order valence-electron chi connectivity index (χ3n) is 5.09. The maximum absolute atomic E-state index is 12.7. The maximum atomic E-state index is 12.7. The minimum absolute atomic E-state index is 0.0591. The predicted octanol–water partition coefficient (Wildman–Crippen LogP) is 5.21. The van der Waals surface area contributed by atoms with Gasteiger partial charge in [-0.15, -0.1) is 16.8 Å². The summed E-state index contributed by atoms with van der Waals surface area (Å²) in [6.07, 6.45) is 3.52. The number of ether oxygens (including phenoxy) is 1. The number of allylic oxidation sites excluding steroid dienone is 1. The lowest BCUT2D eigenvalue weighted by Gasteiger charge is -2.14. The van der Waals surface area contributed by atoms with Gasteiger partial charge < -0.3 is 10.1 Å². The van der Waals surface area contributed by atoms with Gasteiger partial charge >= 0.3 is 0 Å². The van der Waals surface area contributed by atoms with Gasteiger partial charge in [0, 0.05) is 12.2 Å². The summed E-state index contributed by atoms with van der Waals surface area (Å²) in [6, 6.07) is 14.0. The number of anilines is 1. The molecular formula is C25H30N4O2S. The normalized spacial score (nSPS) is 10.7. The second-order valence-corrected chi connectivity index (χ2v) is 8.34. The van der Waals surface area contributed by atoms with Gasteiger partial charge in [0.1, 0.15) is 12.4 Å². The van der Waals surface area contributed by atoms with Crippen LogP contribution in [-0.2, 0) is 30.8 Å². The molecule has 0 saturated heterocycles. The van der Waals surface area contributed by atoms with E-state index in [9.17, 15) is 4.79 Å². The van der Waals surface area contributed by atoms with E-state index in [0.717, 1.165) is 35.4 Å². The number of amides is 1. The van der Waals surface area contributed by atoms with Crippen molar-refractivity contribution >= 4 is 23.4 Å². The molecule has 0 unspecified atom stereocenters. The van der Waals surface area contributed by atoms with Crippen LogP contribution in [0.15, 0.2) is 60.3 Å². The third-order valence-corrected chi connectivity index (χ3v) is 6.06. The van der Waals surface area contributed by atoms with E-state index >= 15 is 0 Å². The summed E-state index contributed by atoms with van der Waals surface area (Å²) in [6.45, 7) is 10.9. The number of carbonyl (C=O) groups is 1. The fourth-order valence-electron chi connectivity index (χ4n) is 3.34. The van der Waals surface area contributed by atoms with Gasteiger partial charge in [0.2, 0.25) is 5.91 Å². The lowest BCUT2D eigenvalue weighted by Crippen LogP contribution is -2.17. The Bertz CT molecular complexity index is 1040. The number of hydrogen-bond donors (Lipinski definition) is 1. The fraction of sp³-hybridized carbons (Fsp3) is 0.320. The smallest absolute Gasteiger partial charge is 0.234 e. The molecule has 1 N–H and O–H groups in total. The van der Waals surface area contributed by atoms with Gasteiger partial charge in [0.05, 0.1) is 5.75 Å². The SMILES string of the molecule is C=CCn1c(COc2ccc(C)cc2)nnc1SCC(=O)Nc1c(CC)cccc1CC. The molecule has 0 fully saturated rings. The van der Waals surface area contributed by atoms with Gasteiger partial charge in [-0.3, -0.25) is 9.36 Å². The van der Waals surface area contributed by atoms with Crippen molar-refractivity contribution in [3.63, 3.8) is 0 Å². The quantitative estimate of drug-likeness (QED) is 0.321. The van der Waals surface area contributed by atoms with Crippen molar-refractivity contribution in [2.24, 2.45) is 0 Å². The first-order valence-electron chi connectivity index (χ1n) is 10.8. The average Bonchev–Trinajstić information content (AvgIpc) is 3.19. The fourth-order valence-corrected chi connectivity index (χ4v) is 4.10. The third kappa shape index (κ3) is 6.01. The van der Waals surface area contributed by atoms with E-state index in [0.29, 0.717) is 24.1 Å². The van der Waals surface area contributed by atoms with Crippen LogP contribution in [0.2, 0.25) is 0 Å². The summed E-state index contributed by atoms with van der Waals surface area (Å²) in [5.74, 6) is 1.66. The summed E-state index contributed by atoms with van der Waals surface area (Å²) in [4.78, 5) is 12.7. The minimum Gasteiger partial charge on any atom is -0.486 e. The zero-order valence-corrected chi connectivity index (χ0v) is 19.7. The maximum Gasteiger partial charge on any atom is 0.234 e. The minimum atomic E-state index is -0.0591. The van der Waals surface area contributed by atoms with Gasteiger partial charge in [-0.05, 0) is 43.0 Å². The van der Waals surface area contributed by atoms with E-state index in [1.54, 1.807) is 6.08 Å². The van der Waals surface area contributed by atoms with Gasteiger partial charge in [-0.25, -0.2) is 0 Å². The zero-order valence-electron chi connectivity index (χ0n) is 18.9. The molecule has 1 amide bonds. The second-order valence-electron chi connectivity index (χ2n) is 7.40. The molecule has 0 bridgehead atoms. The zero-order chi connectivity index (χ0) is 22.9. The Morgan fingerprint density at radius 1 is 1.12 bits per heavy atom. The number of nitrogens with zero attached hydrogens (tertiary/aromatic N) is 3. The molecule has 0 atom stereocenters.